The van der Waals surface area contributed by atoms with E-state index in [4.69, 9.17) is 21.6 Å². The SMILES string of the molecule is N#CCCN(CCOCCCl)C1CC1. The summed E-state index contributed by atoms with van der Waals surface area (Å²) in [5.41, 5.74) is 0. The van der Waals surface area contributed by atoms with E-state index in [1.807, 2.05) is 0 Å². The highest BCUT2D eigenvalue weighted by molar-refractivity contribution is 6.17. The van der Waals surface area contributed by atoms with Crippen molar-refractivity contribution in [2.45, 2.75) is 25.3 Å². The van der Waals surface area contributed by atoms with Crippen LogP contribution in [0.15, 0.2) is 0 Å². The summed E-state index contributed by atoms with van der Waals surface area (Å²) < 4.78 is 5.31. The largest absolute Gasteiger partial charge is 0.379 e. The lowest BCUT2D eigenvalue weighted by Crippen LogP contribution is -2.30. The summed E-state index contributed by atoms with van der Waals surface area (Å²) in [7, 11) is 0. The summed E-state index contributed by atoms with van der Waals surface area (Å²) in [4.78, 5) is 2.34. The van der Waals surface area contributed by atoms with Crippen molar-refractivity contribution in [1.29, 1.82) is 5.26 Å². The molecule has 0 aromatic heterocycles. The first-order valence-electron chi connectivity index (χ1n) is 5.13. The van der Waals surface area contributed by atoms with Crippen molar-refractivity contribution in [2.24, 2.45) is 0 Å². The lowest BCUT2D eigenvalue weighted by atomic mass is 10.4. The lowest BCUT2D eigenvalue weighted by Gasteiger charge is -2.20. The fraction of sp³-hybridized carbons (Fsp3) is 0.900. The fourth-order valence-electron chi connectivity index (χ4n) is 1.45. The van der Waals surface area contributed by atoms with Gasteiger partial charge in [-0.1, -0.05) is 0 Å². The number of alkyl halides is 1. The highest BCUT2D eigenvalue weighted by Crippen LogP contribution is 2.26. The zero-order chi connectivity index (χ0) is 10.2. The van der Waals surface area contributed by atoms with Crippen molar-refractivity contribution in [3.05, 3.63) is 0 Å². The van der Waals surface area contributed by atoms with Crippen LogP contribution in [0.25, 0.3) is 0 Å². The second kappa shape index (κ2) is 7.05. The minimum Gasteiger partial charge on any atom is -0.379 e. The van der Waals surface area contributed by atoms with Gasteiger partial charge in [0.15, 0.2) is 0 Å². The summed E-state index contributed by atoms with van der Waals surface area (Å²) in [5.74, 6) is 0.557. The van der Waals surface area contributed by atoms with Crippen molar-refractivity contribution in [3.63, 3.8) is 0 Å². The molecule has 14 heavy (non-hydrogen) atoms. The van der Waals surface area contributed by atoms with Crippen LogP contribution in [0.5, 0.6) is 0 Å². The first-order valence-corrected chi connectivity index (χ1v) is 5.66. The molecule has 0 aliphatic heterocycles. The average molecular weight is 217 g/mol. The monoisotopic (exact) mass is 216 g/mol. The van der Waals surface area contributed by atoms with Gasteiger partial charge >= 0.3 is 0 Å². The molecule has 80 valence electrons. The number of nitrogens with zero attached hydrogens (tertiary/aromatic N) is 2. The maximum Gasteiger partial charge on any atom is 0.0635 e. The highest BCUT2D eigenvalue weighted by Gasteiger charge is 2.27. The smallest absolute Gasteiger partial charge is 0.0635 e. The van der Waals surface area contributed by atoms with Gasteiger partial charge in [0, 0.05) is 31.4 Å². The zero-order valence-electron chi connectivity index (χ0n) is 8.41. The van der Waals surface area contributed by atoms with Crippen molar-refractivity contribution in [2.75, 3.05) is 32.2 Å². The Morgan fingerprint density at radius 1 is 1.36 bits per heavy atom. The second-order valence-electron chi connectivity index (χ2n) is 3.48. The molecule has 0 radical (unpaired) electrons. The van der Waals surface area contributed by atoms with Crippen LogP contribution in [0, 0.1) is 11.3 Å². The third kappa shape index (κ3) is 4.80. The Balaban J connectivity index is 2.06. The second-order valence-corrected chi connectivity index (χ2v) is 3.85. The van der Waals surface area contributed by atoms with Crippen molar-refractivity contribution in [1.82, 2.24) is 4.90 Å². The van der Waals surface area contributed by atoms with E-state index in [1.165, 1.54) is 12.8 Å². The quantitative estimate of drug-likeness (QED) is 0.457. The van der Waals surface area contributed by atoms with Crippen LogP contribution in [0.1, 0.15) is 19.3 Å². The van der Waals surface area contributed by atoms with Crippen LogP contribution in [0.4, 0.5) is 0 Å². The minimum absolute atomic E-state index is 0.557. The standard InChI is InChI=1S/C10H17ClN2O/c11-4-8-14-9-7-13(6-1-5-12)10-2-3-10/h10H,1-4,6-9H2. The summed E-state index contributed by atoms with van der Waals surface area (Å²) in [5, 5.41) is 8.50. The predicted octanol–water partition coefficient (Wildman–Crippen LogP) is 1.62. The molecule has 1 rings (SSSR count). The number of nitriles is 1. The Labute approximate surface area is 90.6 Å². The molecule has 1 aliphatic rings. The van der Waals surface area contributed by atoms with Crippen molar-refractivity contribution >= 4 is 11.6 Å². The molecule has 0 saturated heterocycles. The number of ether oxygens (including phenoxy) is 1. The molecule has 0 aromatic carbocycles. The zero-order valence-corrected chi connectivity index (χ0v) is 9.17. The molecule has 1 aliphatic carbocycles. The molecular weight excluding hydrogens is 200 g/mol. The van der Waals surface area contributed by atoms with Crippen LogP contribution in [-0.2, 0) is 4.74 Å². The van der Waals surface area contributed by atoms with Gasteiger partial charge in [-0.25, -0.2) is 0 Å². The van der Waals surface area contributed by atoms with E-state index < -0.39 is 0 Å². The highest BCUT2D eigenvalue weighted by atomic mass is 35.5. The van der Waals surface area contributed by atoms with E-state index in [1.54, 1.807) is 0 Å². The third-order valence-corrected chi connectivity index (χ3v) is 2.47. The first-order chi connectivity index (χ1) is 6.88. The van der Waals surface area contributed by atoms with Gasteiger partial charge in [-0.2, -0.15) is 5.26 Å². The summed E-state index contributed by atoms with van der Waals surface area (Å²) in [6.45, 7) is 3.17. The van der Waals surface area contributed by atoms with E-state index >= 15 is 0 Å². The predicted molar refractivity (Wildman–Crippen MR) is 56.4 cm³/mol. The van der Waals surface area contributed by atoms with Gasteiger partial charge in [0.1, 0.15) is 0 Å². The molecule has 0 heterocycles. The van der Waals surface area contributed by atoms with Gasteiger partial charge in [-0.3, -0.25) is 4.90 Å². The van der Waals surface area contributed by atoms with Gasteiger partial charge < -0.3 is 4.74 Å². The van der Waals surface area contributed by atoms with E-state index in [0.717, 1.165) is 19.7 Å². The molecule has 0 N–H and O–H groups in total. The van der Waals surface area contributed by atoms with E-state index in [-0.39, 0.29) is 0 Å². The number of hydrogen-bond acceptors (Lipinski definition) is 3. The molecule has 3 nitrogen and oxygen atoms in total. The topological polar surface area (TPSA) is 36.3 Å². The summed E-state index contributed by atoms with van der Waals surface area (Å²) in [6.07, 6.45) is 3.17. The Morgan fingerprint density at radius 3 is 2.71 bits per heavy atom. The molecule has 1 saturated carbocycles. The maximum absolute atomic E-state index is 8.50. The molecule has 0 bridgehead atoms. The Hall–Kier alpha value is -0.300. The van der Waals surface area contributed by atoms with E-state index in [2.05, 4.69) is 11.0 Å². The molecule has 4 heteroatoms. The number of rotatable bonds is 8. The number of halogens is 1. The molecule has 0 amide bonds. The average Bonchev–Trinajstić information content (AvgIpc) is 3.00. The van der Waals surface area contributed by atoms with Gasteiger partial charge in [-0.15, -0.1) is 11.6 Å². The minimum atomic E-state index is 0.557. The molecule has 0 spiro atoms. The fourth-order valence-corrected chi connectivity index (χ4v) is 1.56. The van der Waals surface area contributed by atoms with Crippen LogP contribution in [-0.4, -0.2) is 43.1 Å². The van der Waals surface area contributed by atoms with Crippen LogP contribution >= 0.6 is 11.6 Å². The van der Waals surface area contributed by atoms with E-state index in [9.17, 15) is 0 Å². The Bertz CT molecular complexity index is 189. The summed E-state index contributed by atoms with van der Waals surface area (Å²) in [6, 6.07) is 2.89. The Morgan fingerprint density at radius 2 is 2.14 bits per heavy atom. The number of hydrogen-bond donors (Lipinski definition) is 0. The molecule has 0 atom stereocenters. The van der Waals surface area contributed by atoms with Crippen molar-refractivity contribution in [3.8, 4) is 6.07 Å². The first kappa shape index (κ1) is 11.8. The van der Waals surface area contributed by atoms with Gasteiger partial charge in [0.2, 0.25) is 0 Å². The van der Waals surface area contributed by atoms with Crippen LogP contribution in [0.2, 0.25) is 0 Å². The van der Waals surface area contributed by atoms with Crippen LogP contribution < -0.4 is 0 Å². The van der Waals surface area contributed by atoms with Gasteiger partial charge in [0.25, 0.3) is 0 Å². The summed E-state index contributed by atoms with van der Waals surface area (Å²) >= 11 is 5.49. The maximum atomic E-state index is 8.50. The molecule has 0 aromatic rings. The van der Waals surface area contributed by atoms with Gasteiger partial charge in [0.05, 0.1) is 19.3 Å². The van der Waals surface area contributed by atoms with Crippen LogP contribution in [0.3, 0.4) is 0 Å². The molecule has 1 fully saturated rings. The van der Waals surface area contributed by atoms with E-state index in [0.29, 0.717) is 24.9 Å². The normalized spacial score (nSPS) is 15.8. The van der Waals surface area contributed by atoms with Gasteiger partial charge in [-0.05, 0) is 12.8 Å². The Kier molecular flexibility index (Phi) is 5.93. The lowest BCUT2D eigenvalue weighted by molar-refractivity contribution is 0.112. The molecular formula is C10H17ClN2O. The third-order valence-electron chi connectivity index (χ3n) is 2.32. The van der Waals surface area contributed by atoms with Crippen molar-refractivity contribution < 1.29 is 4.74 Å². The molecule has 0 unspecified atom stereocenters.